The van der Waals surface area contributed by atoms with Gasteiger partial charge in [-0.25, -0.2) is 0 Å². The van der Waals surface area contributed by atoms with Gasteiger partial charge in [-0.15, -0.1) is 0 Å². The molecule has 5 heteroatoms. The van der Waals surface area contributed by atoms with E-state index in [1.165, 1.54) is 0 Å². The molecule has 0 saturated heterocycles. The van der Waals surface area contributed by atoms with Crippen LogP contribution >= 0.6 is 11.6 Å². The monoisotopic (exact) mass is 347 g/mol. The molecule has 0 aliphatic heterocycles. The summed E-state index contributed by atoms with van der Waals surface area (Å²) in [4.78, 5) is 12.0. The normalized spacial score (nSPS) is 11.6. The second-order valence-corrected chi connectivity index (χ2v) is 6.01. The number of carbonyl (C=O) groups excluding carboxylic acids is 1. The molecule has 0 aliphatic rings. The number of methoxy groups -OCH3 is 1. The lowest BCUT2D eigenvalue weighted by Crippen LogP contribution is -2.34. The van der Waals surface area contributed by atoms with Crippen LogP contribution in [0.1, 0.15) is 18.9 Å². The number of hydrogen-bond acceptors (Lipinski definition) is 3. The second kappa shape index (κ2) is 9.18. The molecule has 2 aromatic carbocycles. The molecule has 4 nitrogen and oxygen atoms in total. The molecule has 0 aliphatic carbocycles. The lowest BCUT2D eigenvalue weighted by molar-refractivity contribution is -0.122. The molecular formula is C19H22ClNO3. The highest BCUT2D eigenvalue weighted by atomic mass is 35.5. The maximum Gasteiger partial charge on any atom is 0.223 e. The molecule has 0 bridgehead atoms. The van der Waals surface area contributed by atoms with E-state index in [0.29, 0.717) is 23.8 Å². The van der Waals surface area contributed by atoms with E-state index in [1.54, 1.807) is 31.4 Å². The highest BCUT2D eigenvalue weighted by Gasteiger charge is 2.09. The van der Waals surface area contributed by atoms with Gasteiger partial charge in [-0.05, 0) is 55.3 Å². The van der Waals surface area contributed by atoms with Crippen molar-refractivity contribution in [2.75, 3.05) is 13.7 Å². The van der Waals surface area contributed by atoms with Crippen molar-refractivity contribution < 1.29 is 14.3 Å². The summed E-state index contributed by atoms with van der Waals surface area (Å²) >= 11 is 5.81. The largest absolute Gasteiger partial charge is 0.497 e. The first-order chi connectivity index (χ1) is 11.6. The number of hydrogen-bond donors (Lipinski definition) is 1. The van der Waals surface area contributed by atoms with Gasteiger partial charge in [0.1, 0.15) is 11.5 Å². The maximum atomic E-state index is 12.0. The Morgan fingerprint density at radius 1 is 1.17 bits per heavy atom. The topological polar surface area (TPSA) is 47.6 Å². The van der Waals surface area contributed by atoms with Crippen LogP contribution in [0.4, 0.5) is 0 Å². The molecule has 1 unspecified atom stereocenters. The zero-order chi connectivity index (χ0) is 17.4. The summed E-state index contributed by atoms with van der Waals surface area (Å²) < 4.78 is 10.7. The van der Waals surface area contributed by atoms with Crippen LogP contribution in [0.3, 0.4) is 0 Å². The number of halogens is 1. The van der Waals surface area contributed by atoms with Crippen LogP contribution in [-0.2, 0) is 11.2 Å². The molecule has 1 atom stereocenters. The third kappa shape index (κ3) is 6.13. The van der Waals surface area contributed by atoms with E-state index in [0.717, 1.165) is 17.7 Å². The van der Waals surface area contributed by atoms with Gasteiger partial charge < -0.3 is 14.8 Å². The van der Waals surface area contributed by atoms with Crippen LogP contribution in [0.5, 0.6) is 11.5 Å². The molecule has 2 aromatic rings. The van der Waals surface area contributed by atoms with Crippen molar-refractivity contribution in [2.45, 2.75) is 25.8 Å². The predicted octanol–water partition coefficient (Wildman–Crippen LogP) is 3.86. The van der Waals surface area contributed by atoms with Gasteiger partial charge in [-0.1, -0.05) is 23.7 Å². The van der Waals surface area contributed by atoms with Gasteiger partial charge >= 0.3 is 0 Å². The molecule has 0 fully saturated rings. The van der Waals surface area contributed by atoms with E-state index in [2.05, 4.69) is 5.32 Å². The Kier molecular flexibility index (Phi) is 6.94. The second-order valence-electron chi connectivity index (χ2n) is 5.58. The van der Waals surface area contributed by atoms with E-state index < -0.39 is 0 Å². The van der Waals surface area contributed by atoms with Crippen molar-refractivity contribution in [2.24, 2.45) is 0 Å². The first-order valence-corrected chi connectivity index (χ1v) is 8.25. The Balaban J connectivity index is 1.72. The lowest BCUT2D eigenvalue weighted by Gasteiger charge is -2.15. The van der Waals surface area contributed by atoms with Gasteiger partial charge in [0.15, 0.2) is 0 Å². The quantitative estimate of drug-likeness (QED) is 0.788. The third-order valence-electron chi connectivity index (χ3n) is 3.49. The van der Waals surface area contributed by atoms with Crippen LogP contribution < -0.4 is 14.8 Å². The van der Waals surface area contributed by atoms with Crippen LogP contribution in [0, 0.1) is 0 Å². The molecule has 0 radical (unpaired) electrons. The molecule has 1 amide bonds. The molecule has 24 heavy (non-hydrogen) atoms. The summed E-state index contributed by atoms with van der Waals surface area (Å²) in [6.45, 7) is 2.32. The molecule has 0 aromatic heterocycles. The number of amides is 1. The minimum Gasteiger partial charge on any atom is -0.497 e. The Morgan fingerprint density at radius 3 is 2.62 bits per heavy atom. The van der Waals surface area contributed by atoms with E-state index in [1.807, 2.05) is 31.2 Å². The van der Waals surface area contributed by atoms with E-state index in [4.69, 9.17) is 21.1 Å². The maximum absolute atomic E-state index is 12.0. The zero-order valence-electron chi connectivity index (χ0n) is 13.9. The van der Waals surface area contributed by atoms with Gasteiger partial charge in [-0.3, -0.25) is 4.79 Å². The zero-order valence-corrected chi connectivity index (χ0v) is 14.7. The molecule has 128 valence electrons. The molecule has 0 saturated carbocycles. The predicted molar refractivity (Wildman–Crippen MR) is 95.9 cm³/mol. The van der Waals surface area contributed by atoms with Crippen molar-refractivity contribution in [3.05, 3.63) is 59.1 Å². The molecule has 0 spiro atoms. The van der Waals surface area contributed by atoms with Crippen LogP contribution in [0.25, 0.3) is 0 Å². The van der Waals surface area contributed by atoms with Gasteiger partial charge in [0, 0.05) is 11.1 Å². The summed E-state index contributed by atoms with van der Waals surface area (Å²) in [6, 6.07) is 15.0. The van der Waals surface area contributed by atoms with Gasteiger partial charge in [0.25, 0.3) is 0 Å². The average molecular weight is 348 g/mol. The van der Waals surface area contributed by atoms with Crippen molar-refractivity contribution in [1.29, 1.82) is 0 Å². The van der Waals surface area contributed by atoms with Gasteiger partial charge in [0.2, 0.25) is 5.91 Å². The standard InChI is InChI=1S/C19H22ClNO3/c1-14(12-15-4-3-5-18(13-15)23-2)21-19(22)10-11-24-17-8-6-16(20)7-9-17/h3-9,13-14H,10-12H2,1-2H3,(H,21,22). The number of ether oxygens (including phenoxy) is 2. The summed E-state index contributed by atoms with van der Waals surface area (Å²) in [7, 11) is 1.64. The van der Waals surface area contributed by atoms with Crippen molar-refractivity contribution in [1.82, 2.24) is 5.32 Å². The smallest absolute Gasteiger partial charge is 0.223 e. The van der Waals surface area contributed by atoms with Crippen LogP contribution in [0.15, 0.2) is 48.5 Å². The summed E-state index contributed by atoms with van der Waals surface area (Å²) in [5.74, 6) is 1.50. The minimum absolute atomic E-state index is 0.0284. The first-order valence-electron chi connectivity index (χ1n) is 7.87. The Bertz CT molecular complexity index is 658. The SMILES string of the molecule is COc1cccc(CC(C)NC(=O)CCOc2ccc(Cl)cc2)c1. The number of rotatable bonds is 8. The number of nitrogens with one attached hydrogen (secondary N) is 1. The molecule has 1 N–H and O–H groups in total. The molecule has 0 heterocycles. The fourth-order valence-electron chi connectivity index (χ4n) is 2.34. The highest BCUT2D eigenvalue weighted by molar-refractivity contribution is 6.30. The van der Waals surface area contributed by atoms with E-state index in [-0.39, 0.29) is 11.9 Å². The van der Waals surface area contributed by atoms with E-state index >= 15 is 0 Å². The lowest BCUT2D eigenvalue weighted by atomic mass is 10.1. The fourth-order valence-corrected chi connectivity index (χ4v) is 2.47. The summed E-state index contributed by atoms with van der Waals surface area (Å²) in [6.07, 6.45) is 1.06. The van der Waals surface area contributed by atoms with Gasteiger partial charge in [0.05, 0.1) is 20.1 Å². The van der Waals surface area contributed by atoms with Crippen molar-refractivity contribution >= 4 is 17.5 Å². The average Bonchev–Trinajstić information content (AvgIpc) is 2.56. The number of carbonyl (C=O) groups is 1. The summed E-state index contributed by atoms with van der Waals surface area (Å²) in [5.41, 5.74) is 1.12. The third-order valence-corrected chi connectivity index (χ3v) is 3.75. The minimum atomic E-state index is -0.0284. The first kappa shape index (κ1) is 18.1. The Hall–Kier alpha value is -2.20. The van der Waals surface area contributed by atoms with Gasteiger partial charge in [-0.2, -0.15) is 0 Å². The van der Waals surface area contributed by atoms with Crippen molar-refractivity contribution in [3.63, 3.8) is 0 Å². The van der Waals surface area contributed by atoms with Crippen molar-refractivity contribution in [3.8, 4) is 11.5 Å². The Labute approximate surface area is 147 Å². The van der Waals surface area contributed by atoms with Crippen LogP contribution in [0.2, 0.25) is 5.02 Å². The molecule has 2 rings (SSSR count). The Morgan fingerprint density at radius 2 is 1.92 bits per heavy atom. The fraction of sp³-hybridized carbons (Fsp3) is 0.316. The summed E-state index contributed by atoms with van der Waals surface area (Å²) in [5, 5.41) is 3.64. The van der Waals surface area contributed by atoms with Crippen LogP contribution in [-0.4, -0.2) is 25.7 Å². The molecular weight excluding hydrogens is 326 g/mol. The van der Waals surface area contributed by atoms with E-state index in [9.17, 15) is 4.79 Å². The number of benzene rings is 2. The highest BCUT2D eigenvalue weighted by Crippen LogP contribution is 2.16.